The summed E-state index contributed by atoms with van der Waals surface area (Å²) in [6, 6.07) is 18.2. The summed E-state index contributed by atoms with van der Waals surface area (Å²) in [4.78, 5) is 5.15. The maximum atomic E-state index is 5.15. The van der Waals surface area contributed by atoms with Gasteiger partial charge in [-0.1, -0.05) is 42.5 Å². The summed E-state index contributed by atoms with van der Waals surface area (Å²) < 4.78 is 0. The fourth-order valence-electron chi connectivity index (χ4n) is 1.46. The van der Waals surface area contributed by atoms with Gasteiger partial charge >= 0.3 is 0 Å². The highest BCUT2D eigenvalue weighted by atomic mass is 16.6. The van der Waals surface area contributed by atoms with Crippen molar-refractivity contribution in [3.05, 3.63) is 54.6 Å². The number of hydrogen-bond acceptors (Lipinski definition) is 2. The van der Waals surface area contributed by atoms with E-state index >= 15 is 0 Å². The van der Waals surface area contributed by atoms with Gasteiger partial charge in [0.2, 0.25) is 0 Å². The number of hydroxylamine groups is 1. The van der Waals surface area contributed by atoms with E-state index in [1.165, 1.54) is 11.1 Å². The van der Waals surface area contributed by atoms with Crippen LogP contribution in [-0.2, 0) is 0 Å². The lowest BCUT2D eigenvalue weighted by Gasteiger charge is -2.04. The van der Waals surface area contributed by atoms with Crippen LogP contribution in [0.2, 0.25) is 0 Å². The summed E-state index contributed by atoms with van der Waals surface area (Å²) in [6.45, 7) is 0. The summed E-state index contributed by atoms with van der Waals surface area (Å²) in [6.07, 6.45) is 0. The van der Waals surface area contributed by atoms with Crippen molar-refractivity contribution in [2.75, 3.05) is 7.05 Å². The third-order valence-electron chi connectivity index (χ3n) is 2.18. The third kappa shape index (κ3) is 2.36. The third-order valence-corrected chi connectivity index (χ3v) is 2.18. The second-order valence-electron chi connectivity index (χ2n) is 3.20. The van der Waals surface area contributed by atoms with E-state index in [-0.39, 0.29) is 0 Å². The van der Waals surface area contributed by atoms with Crippen molar-refractivity contribution in [3.63, 3.8) is 0 Å². The summed E-state index contributed by atoms with van der Waals surface area (Å²) in [5.41, 5.74) is 5.05. The summed E-state index contributed by atoms with van der Waals surface area (Å²) in [5, 5.41) is 0. The van der Waals surface area contributed by atoms with E-state index in [0.717, 1.165) is 5.75 Å². The molecular weight excluding hydrogens is 186 g/mol. The molecular formula is C13H13NO. The molecule has 2 heteroatoms. The number of hydrogen-bond donors (Lipinski definition) is 1. The Balaban J connectivity index is 2.24. The molecule has 0 unspecified atom stereocenters. The van der Waals surface area contributed by atoms with Crippen LogP contribution in [0.15, 0.2) is 54.6 Å². The maximum absolute atomic E-state index is 5.15. The first-order chi connectivity index (χ1) is 7.40. The highest BCUT2D eigenvalue weighted by Crippen LogP contribution is 2.21. The van der Waals surface area contributed by atoms with Crippen molar-refractivity contribution in [3.8, 4) is 16.9 Å². The molecule has 2 aromatic rings. The van der Waals surface area contributed by atoms with Crippen LogP contribution in [0.4, 0.5) is 0 Å². The van der Waals surface area contributed by atoms with E-state index in [2.05, 4.69) is 17.6 Å². The average molecular weight is 199 g/mol. The highest BCUT2D eigenvalue weighted by molar-refractivity contribution is 5.63. The van der Waals surface area contributed by atoms with E-state index < -0.39 is 0 Å². The summed E-state index contributed by atoms with van der Waals surface area (Å²) in [5.74, 6) is 0.817. The summed E-state index contributed by atoms with van der Waals surface area (Å²) in [7, 11) is 1.74. The number of nitrogens with one attached hydrogen (secondary N) is 1. The second kappa shape index (κ2) is 4.62. The molecule has 2 rings (SSSR count). The molecule has 1 N–H and O–H groups in total. The predicted octanol–water partition coefficient (Wildman–Crippen LogP) is 2.87. The van der Waals surface area contributed by atoms with Crippen LogP contribution < -0.4 is 10.3 Å². The Kier molecular flexibility index (Phi) is 3.00. The van der Waals surface area contributed by atoms with E-state index in [0.29, 0.717) is 0 Å². The molecule has 0 aliphatic rings. The van der Waals surface area contributed by atoms with Gasteiger partial charge in [0, 0.05) is 7.05 Å². The minimum Gasteiger partial charge on any atom is -0.409 e. The second-order valence-corrected chi connectivity index (χ2v) is 3.20. The van der Waals surface area contributed by atoms with Gasteiger partial charge in [-0.05, 0) is 23.3 Å². The Morgan fingerprint density at radius 3 is 2.00 bits per heavy atom. The smallest absolute Gasteiger partial charge is 0.147 e. The zero-order valence-electron chi connectivity index (χ0n) is 8.60. The molecule has 2 nitrogen and oxygen atoms in total. The maximum Gasteiger partial charge on any atom is 0.147 e. The Hall–Kier alpha value is -1.80. The van der Waals surface area contributed by atoms with Crippen LogP contribution in [0, 0.1) is 0 Å². The molecule has 0 fully saturated rings. The monoisotopic (exact) mass is 199 g/mol. The molecule has 76 valence electrons. The first kappa shape index (κ1) is 9.74. The van der Waals surface area contributed by atoms with Crippen molar-refractivity contribution < 1.29 is 4.84 Å². The van der Waals surface area contributed by atoms with Gasteiger partial charge in [-0.15, -0.1) is 0 Å². The lowest BCUT2D eigenvalue weighted by atomic mass is 10.1. The van der Waals surface area contributed by atoms with Gasteiger partial charge in [0.1, 0.15) is 5.75 Å². The normalized spacial score (nSPS) is 9.93. The molecule has 0 aromatic heterocycles. The van der Waals surface area contributed by atoms with Gasteiger partial charge in [-0.25, -0.2) is 0 Å². The first-order valence-corrected chi connectivity index (χ1v) is 4.89. The van der Waals surface area contributed by atoms with E-state index in [1.807, 2.05) is 42.5 Å². The predicted molar refractivity (Wildman–Crippen MR) is 61.6 cm³/mol. The van der Waals surface area contributed by atoms with Crippen LogP contribution in [0.25, 0.3) is 11.1 Å². The van der Waals surface area contributed by atoms with Crippen LogP contribution in [0.3, 0.4) is 0 Å². The molecule has 0 spiro atoms. The first-order valence-electron chi connectivity index (χ1n) is 4.89. The van der Waals surface area contributed by atoms with Crippen LogP contribution >= 0.6 is 0 Å². The van der Waals surface area contributed by atoms with Crippen molar-refractivity contribution in [1.29, 1.82) is 0 Å². The van der Waals surface area contributed by atoms with Crippen LogP contribution in [0.5, 0.6) is 5.75 Å². The lowest BCUT2D eigenvalue weighted by molar-refractivity contribution is 0.224. The van der Waals surface area contributed by atoms with Gasteiger partial charge in [0.25, 0.3) is 0 Å². The van der Waals surface area contributed by atoms with Crippen molar-refractivity contribution in [2.24, 2.45) is 0 Å². The van der Waals surface area contributed by atoms with E-state index in [4.69, 9.17) is 4.84 Å². The molecule has 0 heterocycles. The molecule has 0 saturated carbocycles. The van der Waals surface area contributed by atoms with Crippen molar-refractivity contribution in [2.45, 2.75) is 0 Å². The molecule has 2 aromatic carbocycles. The van der Waals surface area contributed by atoms with Crippen molar-refractivity contribution in [1.82, 2.24) is 5.48 Å². The fraction of sp³-hybridized carbons (Fsp3) is 0.0769. The van der Waals surface area contributed by atoms with Gasteiger partial charge < -0.3 is 4.84 Å². The van der Waals surface area contributed by atoms with Gasteiger partial charge in [0.15, 0.2) is 0 Å². The summed E-state index contributed by atoms with van der Waals surface area (Å²) >= 11 is 0. The molecule has 0 saturated heterocycles. The van der Waals surface area contributed by atoms with Gasteiger partial charge in [0.05, 0.1) is 0 Å². The number of benzene rings is 2. The quantitative estimate of drug-likeness (QED) is 0.767. The topological polar surface area (TPSA) is 21.3 Å². The minimum atomic E-state index is 0.817. The van der Waals surface area contributed by atoms with E-state index in [9.17, 15) is 0 Å². The van der Waals surface area contributed by atoms with Crippen molar-refractivity contribution >= 4 is 0 Å². The molecule has 0 atom stereocenters. The van der Waals surface area contributed by atoms with Crippen LogP contribution in [-0.4, -0.2) is 7.05 Å². The Labute approximate surface area is 89.5 Å². The zero-order valence-corrected chi connectivity index (χ0v) is 8.60. The minimum absolute atomic E-state index is 0.817. The number of rotatable bonds is 3. The average Bonchev–Trinajstić information content (AvgIpc) is 2.32. The molecule has 15 heavy (non-hydrogen) atoms. The SMILES string of the molecule is CNOc1ccc(-c2ccccc2)cc1. The van der Waals surface area contributed by atoms with E-state index in [1.54, 1.807) is 7.05 Å². The lowest BCUT2D eigenvalue weighted by Crippen LogP contribution is -2.10. The zero-order chi connectivity index (χ0) is 10.5. The Morgan fingerprint density at radius 1 is 0.800 bits per heavy atom. The standard InChI is InChI=1S/C13H13NO/c1-14-15-13-9-7-12(8-10-13)11-5-3-2-4-6-11/h2-10,14H,1H3. The molecule has 0 bridgehead atoms. The highest BCUT2D eigenvalue weighted by Gasteiger charge is 1.96. The molecule has 0 radical (unpaired) electrons. The fourth-order valence-corrected chi connectivity index (χ4v) is 1.46. The Bertz CT molecular complexity index is 408. The molecule has 0 aliphatic heterocycles. The molecule has 0 aliphatic carbocycles. The van der Waals surface area contributed by atoms with Crippen LogP contribution in [0.1, 0.15) is 0 Å². The Morgan fingerprint density at radius 2 is 1.40 bits per heavy atom. The van der Waals surface area contributed by atoms with Gasteiger partial charge in [-0.3, -0.25) is 0 Å². The molecule has 0 amide bonds. The van der Waals surface area contributed by atoms with Gasteiger partial charge in [-0.2, -0.15) is 5.48 Å². The largest absolute Gasteiger partial charge is 0.409 e.